The average Bonchev–Trinajstić information content (AvgIpc) is 3.30. The first-order valence-electron chi connectivity index (χ1n) is 37.7. The number of quaternary nitrogens is 1. The second-order valence-electron chi connectivity index (χ2n) is 26.3. The number of unbranched alkanes of at least 4 members (excludes halogenated alkanes) is 35. The van der Waals surface area contributed by atoms with E-state index < -0.39 is 26.5 Å². The van der Waals surface area contributed by atoms with Crippen molar-refractivity contribution in [3.63, 3.8) is 0 Å². The van der Waals surface area contributed by atoms with Gasteiger partial charge < -0.3 is 27.9 Å². The number of nitrogens with zero attached hydrogens (tertiary/aromatic N) is 1. The number of hydrogen-bond donors (Lipinski definition) is 0. The molecule has 0 spiro atoms. The summed E-state index contributed by atoms with van der Waals surface area (Å²) >= 11 is 0. The van der Waals surface area contributed by atoms with Crippen molar-refractivity contribution in [2.75, 3.05) is 47.5 Å². The molecule has 0 saturated carbocycles. The summed E-state index contributed by atoms with van der Waals surface area (Å²) in [5.41, 5.74) is 0. The Bertz CT molecular complexity index is 1950. The zero-order chi connectivity index (χ0) is 66.2. The van der Waals surface area contributed by atoms with E-state index in [4.69, 9.17) is 18.5 Å². The van der Waals surface area contributed by atoms with Crippen molar-refractivity contribution >= 4 is 19.8 Å². The highest BCUT2D eigenvalue weighted by atomic mass is 31.2. The molecule has 0 aromatic carbocycles. The summed E-state index contributed by atoms with van der Waals surface area (Å²) < 4.78 is 34.4. The number of phosphoric ester groups is 1. The van der Waals surface area contributed by atoms with Crippen LogP contribution in [-0.4, -0.2) is 70.0 Å². The molecule has 0 amide bonds. The van der Waals surface area contributed by atoms with Gasteiger partial charge in [0.1, 0.15) is 19.8 Å². The number of esters is 2. The Morgan fingerprint density at radius 2 is 0.626 bits per heavy atom. The third kappa shape index (κ3) is 75.3. The molecule has 0 bridgehead atoms. The van der Waals surface area contributed by atoms with Gasteiger partial charge in [-0.15, -0.1) is 0 Å². The van der Waals surface area contributed by atoms with Crippen LogP contribution < -0.4 is 4.89 Å². The predicted octanol–water partition coefficient (Wildman–Crippen LogP) is 24.4. The third-order valence-corrected chi connectivity index (χ3v) is 17.2. The molecular formula is C81H142NO8P. The van der Waals surface area contributed by atoms with E-state index in [1.54, 1.807) is 0 Å². The molecule has 2 unspecified atom stereocenters. The fourth-order valence-corrected chi connectivity index (χ4v) is 11.2. The predicted molar refractivity (Wildman–Crippen MR) is 392 cm³/mol. The molecular weight excluding hydrogens is 1150 g/mol. The maximum atomic E-state index is 12.9. The van der Waals surface area contributed by atoms with Crippen molar-refractivity contribution in [3.8, 4) is 0 Å². The lowest BCUT2D eigenvalue weighted by molar-refractivity contribution is -0.870. The van der Waals surface area contributed by atoms with Gasteiger partial charge in [0.15, 0.2) is 6.10 Å². The van der Waals surface area contributed by atoms with Crippen molar-refractivity contribution < 1.29 is 42.1 Å². The van der Waals surface area contributed by atoms with Crippen LogP contribution in [-0.2, 0) is 32.7 Å². The van der Waals surface area contributed by atoms with Gasteiger partial charge in [-0.05, 0) is 89.9 Å². The second-order valence-corrected chi connectivity index (χ2v) is 27.7. The van der Waals surface area contributed by atoms with Crippen LogP contribution in [0.1, 0.15) is 328 Å². The lowest BCUT2D eigenvalue weighted by Crippen LogP contribution is -2.37. The fourth-order valence-electron chi connectivity index (χ4n) is 10.5. The number of carbonyl (C=O) groups excluding carboxylic acids is 2. The highest BCUT2D eigenvalue weighted by Crippen LogP contribution is 2.38. The van der Waals surface area contributed by atoms with Gasteiger partial charge in [-0.3, -0.25) is 14.2 Å². The summed E-state index contributed by atoms with van der Waals surface area (Å²) in [6, 6.07) is 0. The summed E-state index contributed by atoms with van der Waals surface area (Å²) in [5.74, 6) is -0.836. The molecule has 0 aromatic heterocycles. The molecule has 0 heterocycles. The van der Waals surface area contributed by atoms with Crippen LogP contribution in [0.2, 0.25) is 0 Å². The molecule has 10 heteroatoms. The van der Waals surface area contributed by atoms with Crippen LogP contribution in [0.5, 0.6) is 0 Å². The van der Waals surface area contributed by atoms with Gasteiger partial charge >= 0.3 is 11.9 Å². The number of ether oxygens (including phenoxy) is 2. The number of hydrogen-bond acceptors (Lipinski definition) is 8. The van der Waals surface area contributed by atoms with E-state index in [1.807, 2.05) is 21.1 Å². The minimum absolute atomic E-state index is 0.0362. The Morgan fingerprint density at radius 1 is 0.352 bits per heavy atom. The van der Waals surface area contributed by atoms with Gasteiger partial charge in [-0.1, -0.05) is 347 Å². The first kappa shape index (κ1) is 87.4. The molecule has 0 aromatic rings. The Morgan fingerprint density at radius 3 is 0.934 bits per heavy atom. The Hall–Kier alpha value is -3.59. The van der Waals surface area contributed by atoms with Crippen LogP contribution in [0.3, 0.4) is 0 Å². The quantitative estimate of drug-likeness (QED) is 0.0195. The molecule has 9 nitrogen and oxygen atoms in total. The zero-order valence-electron chi connectivity index (χ0n) is 59.8. The number of rotatable bonds is 69. The lowest BCUT2D eigenvalue weighted by Gasteiger charge is -2.28. The maximum Gasteiger partial charge on any atom is 0.306 e. The molecule has 0 aliphatic heterocycles. The molecule has 0 aliphatic carbocycles. The van der Waals surface area contributed by atoms with Crippen LogP contribution in [0, 0.1) is 0 Å². The number of likely N-dealkylation sites (N-methyl/N-ethyl adjacent to an activating group) is 1. The summed E-state index contributed by atoms with van der Waals surface area (Å²) in [6.07, 6.45) is 102. The number of phosphoric acid groups is 1. The molecule has 0 fully saturated rings. The van der Waals surface area contributed by atoms with E-state index in [-0.39, 0.29) is 32.0 Å². The molecule has 524 valence electrons. The molecule has 0 N–H and O–H groups in total. The normalized spacial score (nSPS) is 13.8. The zero-order valence-corrected chi connectivity index (χ0v) is 60.7. The van der Waals surface area contributed by atoms with E-state index >= 15 is 0 Å². The van der Waals surface area contributed by atoms with Crippen LogP contribution in [0.15, 0.2) is 122 Å². The van der Waals surface area contributed by atoms with Gasteiger partial charge in [0.05, 0.1) is 27.7 Å². The molecule has 91 heavy (non-hydrogen) atoms. The van der Waals surface area contributed by atoms with Crippen molar-refractivity contribution in [1.82, 2.24) is 0 Å². The van der Waals surface area contributed by atoms with Crippen LogP contribution >= 0.6 is 7.82 Å². The SMILES string of the molecule is CC/C=C\C/C=C\C/C=C\C/C=C\C/C=C\C/C=C\C/C=C\C/C=C\C/C=C\C/C=C\CCCCCCCCCCC(=O)OC(COC(=O)CCCCCCCCCCCCCCCCCCCCCCCCCCCCCC)COP(=O)([O-])OCC[N+](C)(C)C. The number of carbonyl (C=O) groups is 2. The highest BCUT2D eigenvalue weighted by molar-refractivity contribution is 7.45. The minimum Gasteiger partial charge on any atom is -0.756 e. The maximum absolute atomic E-state index is 12.9. The summed E-state index contributed by atoms with van der Waals surface area (Å²) in [6.45, 7) is 4.15. The third-order valence-electron chi connectivity index (χ3n) is 16.2. The fraction of sp³-hybridized carbons (Fsp3) is 0.728. The van der Waals surface area contributed by atoms with Crippen LogP contribution in [0.25, 0.3) is 0 Å². The van der Waals surface area contributed by atoms with Crippen molar-refractivity contribution in [3.05, 3.63) is 122 Å². The van der Waals surface area contributed by atoms with Crippen molar-refractivity contribution in [2.45, 2.75) is 335 Å². The van der Waals surface area contributed by atoms with E-state index in [1.165, 1.54) is 186 Å². The first-order chi connectivity index (χ1) is 44.5. The van der Waals surface area contributed by atoms with E-state index in [0.29, 0.717) is 17.4 Å². The summed E-state index contributed by atoms with van der Waals surface area (Å²) in [4.78, 5) is 38.1. The monoisotopic (exact) mass is 1290 g/mol. The van der Waals surface area contributed by atoms with Gasteiger partial charge in [0.25, 0.3) is 7.82 Å². The van der Waals surface area contributed by atoms with E-state index in [2.05, 4.69) is 135 Å². The Balaban J connectivity index is 4.07. The smallest absolute Gasteiger partial charge is 0.306 e. The standard InChI is InChI=1S/C81H142NO8P/c1-6-8-10-12-14-16-18-20-22-24-26-28-30-32-34-36-37-38-39-40-41-42-43-44-45-46-48-50-52-54-56-58-60-62-64-66-68-70-72-74-81(84)90-79(78-89-91(85,86)88-76-75-82(3,4)5)77-87-80(83)73-71-69-67-65-63-61-59-57-55-53-51-49-47-35-33-31-29-27-25-23-21-19-17-15-13-11-9-7-2/h8,10,14,16,20,22,26,28,32,34,37-38,40-41,43-44,46,48,52,54,79H,6-7,9,11-13,15,17-19,21,23-25,27,29-31,33,35-36,39,42,45,47,49-51,53,55-78H2,1-5H3/b10-8-,16-14-,22-20-,28-26-,34-32-,38-37-,41-40-,44-43-,48-46-,54-52-. The minimum atomic E-state index is -4.65. The average molecular weight is 1290 g/mol. The van der Waals surface area contributed by atoms with Gasteiger partial charge in [0, 0.05) is 12.8 Å². The van der Waals surface area contributed by atoms with Crippen LogP contribution in [0.4, 0.5) is 0 Å². The number of allylic oxidation sites excluding steroid dienone is 20. The molecule has 0 aliphatic rings. The van der Waals surface area contributed by atoms with Gasteiger partial charge in [0.2, 0.25) is 0 Å². The lowest BCUT2D eigenvalue weighted by atomic mass is 10.0. The Kier molecular flexibility index (Phi) is 67.9. The molecule has 0 rings (SSSR count). The molecule has 2 atom stereocenters. The first-order valence-corrected chi connectivity index (χ1v) is 39.2. The van der Waals surface area contributed by atoms with Gasteiger partial charge in [-0.25, -0.2) is 0 Å². The topological polar surface area (TPSA) is 111 Å². The highest BCUT2D eigenvalue weighted by Gasteiger charge is 2.22. The van der Waals surface area contributed by atoms with Crippen molar-refractivity contribution in [1.29, 1.82) is 0 Å². The van der Waals surface area contributed by atoms with E-state index in [0.717, 1.165) is 109 Å². The van der Waals surface area contributed by atoms with Crippen molar-refractivity contribution in [2.24, 2.45) is 0 Å². The Labute approximate surface area is 562 Å². The van der Waals surface area contributed by atoms with Gasteiger partial charge in [-0.2, -0.15) is 0 Å². The second kappa shape index (κ2) is 70.7. The van der Waals surface area contributed by atoms with E-state index in [9.17, 15) is 19.0 Å². The molecule has 0 saturated heterocycles. The largest absolute Gasteiger partial charge is 0.756 e. The molecule has 0 radical (unpaired) electrons. The summed E-state index contributed by atoms with van der Waals surface area (Å²) in [7, 11) is 1.16. The summed E-state index contributed by atoms with van der Waals surface area (Å²) in [5, 5.41) is 0.